The van der Waals surface area contributed by atoms with Crippen LogP contribution in [0.5, 0.6) is 0 Å². The van der Waals surface area contributed by atoms with Gasteiger partial charge in [0.25, 0.3) is 0 Å². The number of ether oxygens (including phenoxy) is 1. The molecular formula is C12H19N3O2. The van der Waals surface area contributed by atoms with Crippen LogP contribution < -0.4 is 5.32 Å². The lowest BCUT2D eigenvalue weighted by Crippen LogP contribution is -2.31. The average Bonchev–Trinajstić information content (AvgIpc) is 2.96. The quantitative estimate of drug-likeness (QED) is 0.805. The predicted octanol–water partition coefficient (Wildman–Crippen LogP) is 0.391. The first kappa shape index (κ1) is 12.3. The Balaban J connectivity index is 1.89. The van der Waals surface area contributed by atoms with Crippen molar-refractivity contribution in [2.45, 2.75) is 38.5 Å². The summed E-state index contributed by atoms with van der Waals surface area (Å²) in [6.45, 7) is 3.63. The second-order valence-electron chi connectivity index (χ2n) is 4.40. The number of hydrogen-bond donors (Lipinski definition) is 1. The summed E-state index contributed by atoms with van der Waals surface area (Å²) in [5, 5.41) is 7.36. The van der Waals surface area contributed by atoms with E-state index in [0.29, 0.717) is 6.42 Å². The van der Waals surface area contributed by atoms with Crippen molar-refractivity contribution in [1.29, 1.82) is 0 Å². The number of aromatic nitrogens is 2. The van der Waals surface area contributed by atoms with E-state index in [1.165, 1.54) is 0 Å². The third-order valence-corrected chi connectivity index (χ3v) is 3.20. The maximum Gasteiger partial charge on any atom is 0.154 e. The van der Waals surface area contributed by atoms with Gasteiger partial charge in [0, 0.05) is 32.8 Å². The van der Waals surface area contributed by atoms with Crippen LogP contribution >= 0.6 is 0 Å². The van der Waals surface area contributed by atoms with Crippen molar-refractivity contribution in [3.05, 3.63) is 18.0 Å². The van der Waals surface area contributed by atoms with Gasteiger partial charge in [-0.2, -0.15) is 5.10 Å². The summed E-state index contributed by atoms with van der Waals surface area (Å²) < 4.78 is 7.07. The molecule has 0 amide bonds. The van der Waals surface area contributed by atoms with E-state index < -0.39 is 0 Å². The zero-order valence-electron chi connectivity index (χ0n) is 10.3. The molecule has 1 aromatic rings. The highest BCUT2D eigenvalue weighted by Gasteiger charge is 2.29. The van der Waals surface area contributed by atoms with Crippen molar-refractivity contribution in [2.75, 3.05) is 13.7 Å². The second-order valence-corrected chi connectivity index (χ2v) is 4.40. The molecule has 0 aromatic carbocycles. The number of nitrogens with zero attached hydrogens (tertiary/aromatic N) is 2. The van der Waals surface area contributed by atoms with Crippen LogP contribution in [-0.2, 0) is 22.5 Å². The summed E-state index contributed by atoms with van der Waals surface area (Å²) in [6, 6.07) is -0.0649. The molecule has 0 radical (unpaired) electrons. The van der Waals surface area contributed by atoms with Gasteiger partial charge in [0.1, 0.15) is 0 Å². The largest absolute Gasteiger partial charge is 0.380 e. The lowest BCUT2D eigenvalue weighted by Gasteiger charge is -2.08. The Morgan fingerprint density at radius 3 is 3.12 bits per heavy atom. The van der Waals surface area contributed by atoms with Crippen LogP contribution in [0.1, 0.15) is 18.9 Å². The molecule has 94 valence electrons. The molecule has 1 saturated heterocycles. The van der Waals surface area contributed by atoms with E-state index >= 15 is 0 Å². The van der Waals surface area contributed by atoms with E-state index in [1.54, 1.807) is 13.3 Å². The molecule has 5 heteroatoms. The van der Waals surface area contributed by atoms with Crippen LogP contribution in [0.3, 0.4) is 0 Å². The molecule has 0 spiro atoms. The molecule has 0 saturated carbocycles. The Bertz CT molecular complexity index is 389. The zero-order valence-corrected chi connectivity index (χ0v) is 10.3. The number of rotatable bonds is 5. The van der Waals surface area contributed by atoms with Crippen LogP contribution in [0.2, 0.25) is 0 Å². The number of hydrogen-bond acceptors (Lipinski definition) is 4. The minimum absolute atomic E-state index is 0.0649. The summed E-state index contributed by atoms with van der Waals surface area (Å²) in [6.07, 6.45) is 5.10. The number of carbonyl (C=O) groups is 1. The van der Waals surface area contributed by atoms with Crippen molar-refractivity contribution in [1.82, 2.24) is 15.1 Å². The molecule has 2 rings (SSSR count). The van der Waals surface area contributed by atoms with E-state index in [4.69, 9.17) is 4.74 Å². The number of nitrogens with one attached hydrogen (secondary N) is 1. The number of aryl methyl sites for hydroxylation is 1. The Kier molecular flexibility index (Phi) is 3.91. The molecule has 1 aliphatic heterocycles. The first-order chi connectivity index (χ1) is 8.22. The van der Waals surface area contributed by atoms with Crippen LogP contribution in [0.15, 0.2) is 12.4 Å². The van der Waals surface area contributed by atoms with Gasteiger partial charge in [-0.25, -0.2) is 0 Å². The number of Topliss-reactive ketones (excluding diaryl/α,β-unsaturated/α-hetero) is 1. The number of ketones is 1. The van der Waals surface area contributed by atoms with Crippen molar-refractivity contribution in [2.24, 2.45) is 0 Å². The monoisotopic (exact) mass is 237 g/mol. The molecule has 2 atom stereocenters. The first-order valence-electron chi connectivity index (χ1n) is 6.03. The fourth-order valence-electron chi connectivity index (χ4n) is 2.12. The van der Waals surface area contributed by atoms with Gasteiger partial charge in [0.2, 0.25) is 0 Å². The zero-order chi connectivity index (χ0) is 12.3. The van der Waals surface area contributed by atoms with Gasteiger partial charge in [-0.3, -0.25) is 9.48 Å². The van der Waals surface area contributed by atoms with E-state index in [0.717, 1.165) is 25.1 Å². The van der Waals surface area contributed by atoms with Crippen molar-refractivity contribution in [3.63, 3.8) is 0 Å². The van der Waals surface area contributed by atoms with Crippen LogP contribution in [0.25, 0.3) is 0 Å². The Morgan fingerprint density at radius 2 is 2.53 bits per heavy atom. The molecule has 2 unspecified atom stereocenters. The Labute approximate surface area is 101 Å². The molecule has 5 nitrogen and oxygen atoms in total. The van der Waals surface area contributed by atoms with E-state index in [9.17, 15) is 4.79 Å². The van der Waals surface area contributed by atoms with Gasteiger partial charge < -0.3 is 10.1 Å². The highest BCUT2D eigenvalue weighted by molar-refractivity contribution is 5.86. The standard InChI is InChI=1S/C12H19N3O2/c1-3-15-8-9(6-14-15)4-12(16)11-5-10(17-2)7-13-11/h6,8,10-11,13H,3-5,7H2,1-2H3. The molecule has 2 heterocycles. The second kappa shape index (κ2) is 5.42. The molecule has 17 heavy (non-hydrogen) atoms. The summed E-state index contributed by atoms with van der Waals surface area (Å²) in [4.78, 5) is 12.0. The molecular weight excluding hydrogens is 218 g/mol. The first-order valence-corrected chi connectivity index (χ1v) is 6.03. The molecule has 1 N–H and O–H groups in total. The van der Waals surface area contributed by atoms with Gasteiger partial charge in [0.05, 0.1) is 18.3 Å². The third kappa shape index (κ3) is 2.92. The number of carbonyl (C=O) groups excluding carboxylic acids is 1. The summed E-state index contributed by atoms with van der Waals surface area (Å²) >= 11 is 0. The Hall–Kier alpha value is -1.20. The average molecular weight is 237 g/mol. The SMILES string of the molecule is CCn1cc(CC(=O)C2CC(OC)CN2)cn1. The fourth-order valence-corrected chi connectivity index (χ4v) is 2.12. The van der Waals surface area contributed by atoms with E-state index in [2.05, 4.69) is 10.4 Å². The number of methoxy groups -OCH3 is 1. The highest BCUT2D eigenvalue weighted by Crippen LogP contribution is 2.12. The van der Waals surface area contributed by atoms with Gasteiger partial charge in [0.15, 0.2) is 5.78 Å². The van der Waals surface area contributed by atoms with E-state index in [1.807, 2.05) is 17.8 Å². The molecule has 1 aliphatic rings. The minimum Gasteiger partial charge on any atom is -0.380 e. The van der Waals surface area contributed by atoms with Gasteiger partial charge in [-0.05, 0) is 18.9 Å². The predicted molar refractivity (Wildman–Crippen MR) is 63.8 cm³/mol. The molecule has 1 aromatic heterocycles. The van der Waals surface area contributed by atoms with Gasteiger partial charge in [-0.1, -0.05) is 0 Å². The van der Waals surface area contributed by atoms with Crippen molar-refractivity contribution < 1.29 is 9.53 Å². The van der Waals surface area contributed by atoms with Gasteiger partial charge >= 0.3 is 0 Å². The molecule has 0 bridgehead atoms. The van der Waals surface area contributed by atoms with Crippen LogP contribution in [0.4, 0.5) is 0 Å². The van der Waals surface area contributed by atoms with Gasteiger partial charge in [-0.15, -0.1) is 0 Å². The van der Waals surface area contributed by atoms with Crippen LogP contribution in [0, 0.1) is 0 Å². The topological polar surface area (TPSA) is 56.1 Å². The fraction of sp³-hybridized carbons (Fsp3) is 0.667. The summed E-state index contributed by atoms with van der Waals surface area (Å²) in [7, 11) is 1.69. The van der Waals surface area contributed by atoms with E-state index in [-0.39, 0.29) is 17.9 Å². The molecule has 1 fully saturated rings. The summed E-state index contributed by atoms with van der Waals surface area (Å²) in [5.41, 5.74) is 0.986. The lowest BCUT2D eigenvalue weighted by molar-refractivity contribution is -0.120. The smallest absolute Gasteiger partial charge is 0.154 e. The Morgan fingerprint density at radius 1 is 1.71 bits per heavy atom. The third-order valence-electron chi connectivity index (χ3n) is 3.20. The maximum absolute atomic E-state index is 12.0. The highest BCUT2D eigenvalue weighted by atomic mass is 16.5. The normalized spacial score (nSPS) is 24.1. The lowest BCUT2D eigenvalue weighted by atomic mass is 10.0. The minimum atomic E-state index is -0.0649. The van der Waals surface area contributed by atoms with Crippen molar-refractivity contribution >= 4 is 5.78 Å². The maximum atomic E-state index is 12.0. The molecule has 0 aliphatic carbocycles. The summed E-state index contributed by atoms with van der Waals surface area (Å²) in [5.74, 6) is 0.222. The van der Waals surface area contributed by atoms with Crippen molar-refractivity contribution in [3.8, 4) is 0 Å². The van der Waals surface area contributed by atoms with Crippen LogP contribution in [-0.4, -0.2) is 41.4 Å².